The van der Waals surface area contributed by atoms with E-state index in [2.05, 4.69) is 26.0 Å². The van der Waals surface area contributed by atoms with Crippen LogP contribution in [0.2, 0.25) is 0 Å². The molecule has 0 unspecified atom stereocenters. The summed E-state index contributed by atoms with van der Waals surface area (Å²) >= 11 is 0. The van der Waals surface area contributed by atoms with Gasteiger partial charge in [0.2, 0.25) is 0 Å². The van der Waals surface area contributed by atoms with Crippen LogP contribution in [0.15, 0.2) is 46.3 Å². The van der Waals surface area contributed by atoms with Gasteiger partial charge in [-0.2, -0.15) is 5.26 Å². The number of nitrogens with zero attached hydrogens (tertiary/aromatic N) is 2. The van der Waals surface area contributed by atoms with Crippen molar-refractivity contribution in [2.45, 2.75) is 26.2 Å². The molecule has 0 radical (unpaired) electrons. The van der Waals surface area contributed by atoms with Gasteiger partial charge in [-0.05, 0) is 29.8 Å². The first kappa shape index (κ1) is 19.8. The van der Waals surface area contributed by atoms with Crippen LogP contribution >= 0.6 is 0 Å². The van der Waals surface area contributed by atoms with Crippen LogP contribution in [0.5, 0.6) is 0 Å². The van der Waals surface area contributed by atoms with Gasteiger partial charge in [0.05, 0.1) is 23.7 Å². The number of hydrogen-bond acceptors (Lipinski definition) is 4. The molecule has 0 amide bonds. The van der Waals surface area contributed by atoms with Gasteiger partial charge in [-0.25, -0.2) is 4.98 Å². The summed E-state index contributed by atoms with van der Waals surface area (Å²) < 4.78 is 0. The van der Waals surface area contributed by atoms with Gasteiger partial charge in [-0.1, -0.05) is 45.1 Å². The molecule has 7 heteroatoms. The topological polar surface area (TPSA) is 118 Å². The Morgan fingerprint density at radius 1 is 1.10 bits per heavy atom. The predicted molar refractivity (Wildman–Crippen MR) is 112 cm³/mol. The number of rotatable bonds is 3. The second-order valence-electron chi connectivity index (χ2n) is 7.56. The lowest BCUT2D eigenvalue weighted by Crippen LogP contribution is -2.46. The maximum absolute atomic E-state index is 12.4. The van der Waals surface area contributed by atoms with Crippen molar-refractivity contribution >= 4 is 18.2 Å². The van der Waals surface area contributed by atoms with Crippen LogP contribution < -0.4 is 21.8 Å². The summed E-state index contributed by atoms with van der Waals surface area (Å²) in [6.07, 6.45) is 8.03. The van der Waals surface area contributed by atoms with Crippen LogP contribution in [0, 0.1) is 11.3 Å². The lowest BCUT2D eigenvalue weighted by Gasteiger charge is -2.16. The van der Waals surface area contributed by atoms with Crippen LogP contribution in [0.1, 0.15) is 43.3 Å². The van der Waals surface area contributed by atoms with E-state index >= 15 is 0 Å². The molecule has 0 aliphatic rings. The van der Waals surface area contributed by atoms with Crippen LogP contribution in [0.25, 0.3) is 18.2 Å². The number of hydrogen-bond donors (Lipinski definition) is 3. The van der Waals surface area contributed by atoms with Gasteiger partial charge in [-0.15, -0.1) is 0 Å². The highest BCUT2D eigenvalue weighted by Gasteiger charge is 2.19. The summed E-state index contributed by atoms with van der Waals surface area (Å²) in [6, 6.07) is 9.13. The summed E-state index contributed by atoms with van der Waals surface area (Å²) in [5.74, 6) is 0. The van der Waals surface area contributed by atoms with Crippen LogP contribution in [0.3, 0.4) is 0 Å². The molecule has 3 rings (SSSR count). The monoisotopic (exact) mass is 387 g/mol. The van der Waals surface area contributed by atoms with E-state index < -0.39 is 11.1 Å². The first-order chi connectivity index (χ1) is 13.8. The maximum Gasteiger partial charge on any atom is 0.272 e. The minimum absolute atomic E-state index is 0.135. The molecule has 0 spiro atoms. The third-order valence-corrected chi connectivity index (χ3v) is 4.25. The predicted octanol–water partition coefficient (Wildman–Crippen LogP) is 1.28. The summed E-state index contributed by atoms with van der Waals surface area (Å²) in [5.41, 5.74) is 1.82. The molecule has 3 aromatic rings. The van der Waals surface area contributed by atoms with E-state index in [1.165, 1.54) is 6.08 Å². The molecule has 2 heterocycles. The third kappa shape index (κ3) is 4.68. The third-order valence-electron chi connectivity index (χ3n) is 4.25. The van der Waals surface area contributed by atoms with Crippen molar-refractivity contribution in [2.75, 3.05) is 0 Å². The van der Waals surface area contributed by atoms with Crippen molar-refractivity contribution in [2.24, 2.45) is 0 Å². The molecule has 7 nitrogen and oxygen atoms in total. The van der Waals surface area contributed by atoms with Crippen molar-refractivity contribution in [1.82, 2.24) is 19.9 Å². The quantitative estimate of drug-likeness (QED) is 0.627. The van der Waals surface area contributed by atoms with Gasteiger partial charge in [-0.3, -0.25) is 9.59 Å². The highest BCUT2D eigenvalue weighted by atomic mass is 16.1. The number of benzene rings is 1. The summed E-state index contributed by atoms with van der Waals surface area (Å²) in [6.45, 7) is 6.09. The molecule has 3 N–H and O–H groups in total. The SMILES string of the molecule is CC(C)(C)c1[nH]cnc1/C=c1\[nH]c(=O)/c(=C/C=C/c2cccc(C#N)c2)[nH]c1=O. The number of H-pyrrole nitrogens is 3. The molecule has 2 aromatic heterocycles. The molecule has 1 aromatic carbocycles. The zero-order chi connectivity index (χ0) is 21.0. The molecule has 0 saturated carbocycles. The number of aromatic nitrogens is 4. The smallest absolute Gasteiger partial charge is 0.272 e. The molecule has 0 saturated heterocycles. The Bertz CT molecular complexity index is 1340. The Morgan fingerprint density at radius 2 is 1.83 bits per heavy atom. The Labute approximate surface area is 166 Å². The van der Waals surface area contributed by atoms with E-state index in [0.29, 0.717) is 11.3 Å². The Hall–Kier alpha value is -3.92. The van der Waals surface area contributed by atoms with E-state index in [9.17, 15) is 9.59 Å². The van der Waals surface area contributed by atoms with Crippen molar-refractivity contribution in [3.05, 3.63) is 90.6 Å². The van der Waals surface area contributed by atoms with Gasteiger partial charge in [0.15, 0.2) is 0 Å². The fourth-order valence-corrected chi connectivity index (χ4v) is 2.83. The largest absolute Gasteiger partial charge is 0.348 e. The van der Waals surface area contributed by atoms with E-state index in [1.54, 1.807) is 42.8 Å². The number of nitrogens with one attached hydrogen (secondary N) is 3. The molecule has 0 aliphatic carbocycles. The Balaban J connectivity index is 1.98. The van der Waals surface area contributed by atoms with Crippen LogP contribution in [-0.4, -0.2) is 19.9 Å². The van der Waals surface area contributed by atoms with Crippen molar-refractivity contribution < 1.29 is 0 Å². The van der Waals surface area contributed by atoms with Gasteiger partial charge in [0.25, 0.3) is 11.1 Å². The molecule has 146 valence electrons. The number of aromatic amines is 3. The average molecular weight is 387 g/mol. The molecular formula is C22H21N5O2. The zero-order valence-electron chi connectivity index (χ0n) is 16.4. The van der Waals surface area contributed by atoms with Gasteiger partial charge < -0.3 is 15.0 Å². The van der Waals surface area contributed by atoms with Crippen LogP contribution in [0.4, 0.5) is 0 Å². The van der Waals surface area contributed by atoms with Crippen molar-refractivity contribution in [3.8, 4) is 6.07 Å². The Kier molecular flexibility index (Phi) is 5.46. The lowest BCUT2D eigenvalue weighted by molar-refractivity contribution is 0.571. The highest BCUT2D eigenvalue weighted by molar-refractivity contribution is 5.58. The van der Waals surface area contributed by atoms with Gasteiger partial charge >= 0.3 is 0 Å². The molecule has 0 atom stereocenters. The molecule has 0 bridgehead atoms. The Morgan fingerprint density at radius 3 is 2.55 bits per heavy atom. The molecule has 0 aliphatic heterocycles. The first-order valence-corrected chi connectivity index (χ1v) is 9.05. The molecular weight excluding hydrogens is 366 g/mol. The standard InChI is InChI=1S/C22H21N5O2/c1-22(2,3)19-17(24-13-25-19)11-18-21(29)26-16(20(28)27-18)9-5-7-14-6-4-8-15(10-14)12-23/h4-11,13H,1-3H3,(H,24,25)(H,26,29)(H,27,28)/b7-5+,16-9-,18-11-. The fourth-order valence-electron chi connectivity index (χ4n) is 2.83. The van der Waals surface area contributed by atoms with Gasteiger partial charge in [0.1, 0.15) is 10.7 Å². The average Bonchev–Trinajstić information content (AvgIpc) is 3.14. The van der Waals surface area contributed by atoms with Crippen molar-refractivity contribution in [3.63, 3.8) is 0 Å². The second kappa shape index (κ2) is 7.98. The summed E-state index contributed by atoms with van der Waals surface area (Å²) in [4.78, 5) is 37.3. The van der Waals surface area contributed by atoms with Crippen molar-refractivity contribution in [1.29, 1.82) is 5.26 Å². The van der Waals surface area contributed by atoms with Gasteiger partial charge in [0, 0.05) is 11.1 Å². The number of nitriles is 1. The van der Waals surface area contributed by atoms with E-state index in [4.69, 9.17) is 5.26 Å². The minimum atomic E-state index is -0.418. The summed E-state index contributed by atoms with van der Waals surface area (Å²) in [5, 5.41) is 9.21. The number of allylic oxidation sites excluding steroid dienone is 1. The number of imidazole rings is 1. The van der Waals surface area contributed by atoms with E-state index in [0.717, 1.165) is 11.3 Å². The minimum Gasteiger partial charge on any atom is -0.348 e. The summed E-state index contributed by atoms with van der Waals surface area (Å²) in [7, 11) is 0. The lowest BCUT2D eigenvalue weighted by atomic mass is 9.90. The van der Waals surface area contributed by atoms with E-state index in [-0.39, 0.29) is 16.1 Å². The fraction of sp³-hybridized carbons (Fsp3) is 0.182. The van der Waals surface area contributed by atoms with Crippen LogP contribution in [-0.2, 0) is 5.41 Å². The highest BCUT2D eigenvalue weighted by Crippen LogP contribution is 2.22. The van der Waals surface area contributed by atoms with E-state index in [1.807, 2.05) is 26.8 Å². The molecule has 29 heavy (non-hydrogen) atoms. The zero-order valence-corrected chi connectivity index (χ0v) is 16.4. The molecule has 0 fully saturated rings. The maximum atomic E-state index is 12.4. The second-order valence-corrected chi connectivity index (χ2v) is 7.56. The first-order valence-electron chi connectivity index (χ1n) is 9.05. The normalized spacial score (nSPS) is 13.2.